The van der Waals surface area contributed by atoms with Crippen LogP contribution in [0.3, 0.4) is 0 Å². The molecule has 0 spiro atoms. The van der Waals surface area contributed by atoms with Crippen molar-refractivity contribution in [1.29, 1.82) is 0 Å². The van der Waals surface area contributed by atoms with Gasteiger partial charge in [-0.3, -0.25) is 9.59 Å². The van der Waals surface area contributed by atoms with Crippen LogP contribution in [-0.2, 0) is 4.79 Å². The highest BCUT2D eigenvalue weighted by Crippen LogP contribution is 2.38. The Morgan fingerprint density at radius 2 is 1.94 bits per heavy atom. The number of aromatic nitrogens is 4. The number of benzene rings is 1. The number of carbonyl (C=O) groups excluding carboxylic acids is 2. The van der Waals surface area contributed by atoms with Crippen molar-refractivity contribution in [3.05, 3.63) is 53.5 Å². The number of fused-ring (bicyclic) bond motifs is 1. The fourth-order valence-corrected chi connectivity index (χ4v) is 3.95. The van der Waals surface area contributed by atoms with Gasteiger partial charge in [-0.15, -0.1) is 0 Å². The molecule has 2 amide bonds. The van der Waals surface area contributed by atoms with Crippen LogP contribution in [0.25, 0.3) is 11.0 Å². The zero-order chi connectivity index (χ0) is 23.4. The molecular formula is C22H19F2N7O2. The predicted octanol–water partition coefficient (Wildman–Crippen LogP) is 1.50. The highest BCUT2D eigenvalue weighted by molar-refractivity contribution is 5.99. The first-order chi connectivity index (χ1) is 15.8. The van der Waals surface area contributed by atoms with E-state index in [9.17, 15) is 14.0 Å². The smallest absolute Gasteiger partial charge is 0.255 e. The third-order valence-electron chi connectivity index (χ3n) is 5.90. The summed E-state index contributed by atoms with van der Waals surface area (Å²) < 4.78 is 32.9. The summed E-state index contributed by atoms with van der Waals surface area (Å²) in [6, 6.07) is 1.12. The Morgan fingerprint density at radius 1 is 1.21 bits per heavy atom. The lowest BCUT2D eigenvalue weighted by Gasteiger charge is -2.38. The molecule has 5 rings (SSSR count). The largest absolute Gasteiger partial charge is 0.383 e. The molecule has 168 valence electrons. The van der Waals surface area contributed by atoms with E-state index in [-0.39, 0.29) is 40.6 Å². The predicted molar refractivity (Wildman–Crippen MR) is 115 cm³/mol. The van der Waals surface area contributed by atoms with Crippen LogP contribution in [0.1, 0.15) is 46.5 Å². The number of primary amides is 1. The van der Waals surface area contributed by atoms with Gasteiger partial charge in [0.1, 0.15) is 22.7 Å². The normalized spacial score (nSPS) is 15.8. The van der Waals surface area contributed by atoms with Gasteiger partial charge in [-0.1, -0.05) is 12.5 Å². The minimum Gasteiger partial charge on any atom is -0.383 e. The molecule has 33 heavy (non-hydrogen) atoms. The van der Waals surface area contributed by atoms with Gasteiger partial charge >= 0.3 is 0 Å². The van der Waals surface area contributed by atoms with Gasteiger partial charge in [0.15, 0.2) is 11.5 Å². The maximum atomic E-state index is 15.0. The van der Waals surface area contributed by atoms with Gasteiger partial charge in [-0.2, -0.15) is 5.10 Å². The molecule has 9 nitrogen and oxygen atoms in total. The van der Waals surface area contributed by atoms with E-state index in [0.29, 0.717) is 18.6 Å². The molecule has 1 saturated heterocycles. The van der Waals surface area contributed by atoms with E-state index < -0.39 is 23.1 Å². The molecule has 0 atom stereocenters. The van der Waals surface area contributed by atoms with E-state index in [0.717, 1.165) is 12.8 Å². The number of anilines is 1. The van der Waals surface area contributed by atoms with Crippen molar-refractivity contribution in [2.45, 2.75) is 24.9 Å². The van der Waals surface area contributed by atoms with E-state index in [1.165, 1.54) is 28.1 Å². The van der Waals surface area contributed by atoms with Gasteiger partial charge in [-0.05, 0) is 24.8 Å². The van der Waals surface area contributed by atoms with E-state index in [4.69, 9.17) is 11.5 Å². The molecule has 11 heteroatoms. The van der Waals surface area contributed by atoms with Gasteiger partial charge < -0.3 is 20.9 Å². The molecule has 0 radical (unpaired) electrons. The van der Waals surface area contributed by atoms with Crippen LogP contribution in [0.4, 0.5) is 14.6 Å². The number of rotatable bonds is 4. The Labute approximate surface area is 186 Å². The second kappa shape index (κ2) is 7.44. The van der Waals surface area contributed by atoms with Crippen LogP contribution >= 0.6 is 0 Å². The van der Waals surface area contributed by atoms with Crippen LogP contribution < -0.4 is 11.5 Å². The number of carbonyl (C=O) groups is 2. The Balaban J connectivity index is 1.51. The fourth-order valence-electron chi connectivity index (χ4n) is 3.95. The lowest BCUT2D eigenvalue weighted by atomic mass is 10.1. The number of imidazole rings is 1. The van der Waals surface area contributed by atoms with Crippen molar-refractivity contribution >= 4 is 28.7 Å². The second-order valence-electron chi connectivity index (χ2n) is 8.07. The Hall–Kier alpha value is -4.20. The maximum absolute atomic E-state index is 15.0. The zero-order valence-electron chi connectivity index (χ0n) is 17.4. The standard InChI is InChI=1S/C22H19F2N7O2/c1-2-17(32)29-8-12(9-29)31-21(25)18(22(26)33)15(28-31)6-5-13-14(23)7-16-20(19(13)24)27-10-30(16)11-3-4-11/h2,7,10-12H,1,3-4,8-9,25H2,(H2,26,33). The van der Waals surface area contributed by atoms with Crippen LogP contribution in [0.2, 0.25) is 0 Å². The van der Waals surface area contributed by atoms with Gasteiger partial charge in [-0.25, -0.2) is 18.4 Å². The summed E-state index contributed by atoms with van der Waals surface area (Å²) >= 11 is 0. The maximum Gasteiger partial charge on any atom is 0.255 e. The fraction of sp³-hybridized carbons (Fsp3) is 0.273. The lowest BCUT2D eigenvalue weighted by molar-refractivity contribution is -0.131. The van der Waals surface area contributed by atoms with Crippen molar-refractivity contribution in [2.24, 2.45) is 5.73 Å². The van der Waals surface area contributed by atoms with Crippen LogP contribution in [0.15, 0.2) is 25.0 Å². The Bertz CT molecular complexity index is 1400. The molecule has 0 bridgehead atoms. The number of nitrogens with zero attached hydrogens (tertiary/aromatic N) is 5. The first-order valence-corrected chi connectivity index (χ1v) is 10.3. The average molecular weight is 451 g/mol. The van der Waals surface area contributed by atoms with Gasteiger partial charge in [0.05, 0.1) is 23.4 Å². The third kappa shape index (κ3) is 3.31. The molecule has 2 fully saturated rings. The summed E-state index contributed by atoms with van der Waals surface area (Å²) in [7, 11) is 0. The number of hydrogen-bond acceptors (Lipinski definition) is 5. The van der Waals surface area contributed by atoms with Crippen molar-refractivity contribution in [1.82, 2.24) is 24.2 Å². The van der Waals surface area contributed by atoms with E-state index in [2.05, 4.69) is 28.5 Å². The quantitative estimate of drug-likeness (QED) is 0.459. The summed E-state index contributed by atoms with van der Waals surface area (Å²) in [5, 5.41) is 4.23. The molecule has 0 unspecified atom stereocenters. The number of amides is 2. The summed E-state index contributed by atoms with van der Waals surface area (Å²) in [5.41, 5.74) is 11.2. The minimum atomic E-state index is -0.887. The van der Waals surface area contributed by atoms with Crippen molar-refractivity contribution in [2.75, 3.05) is 18.8 Å². The third-order valence-corrected chi connectivity index (χ3v) is 5.90. The Morgan fingerprint density at radius 3 is 2.58 bits per heavy atom. The van der Waals surface area contributed by atoms with Gasteiger partial charge in [0.25, 0.3) is 5.91 Å². The molecule has 1 aliphatic carbocycles. The molecular weight excluding hydrogens is 432 g/mol. The monoisotopic (exact) mass is 451 g/mol. The number of hydrogen-bond donors (Lipinski definition) is 2. The molecule has 1 aliphatic heterocycles. The van der Waals surface area contributed by atoms with Crippen molar-refractivity contribution in [3.8, 4) is 11.8 Å². The lowest BCUT2D eigenvalue weighted by Crippen LogP contribution is -2.50. The molecule has 1 aromatic carbocycles. The van der Waals surface area contributed by atoms with E-state index in [1.807, 2.05) is 0 Å². The Kier molecular flexibility index (Phi) is 4.67. The van der Waals surface area contributed by atoms with Crippen molar-refractivity contribution < 1.29 is 18.4 Å². The van der Waals surface area contributed by atoms with E-state index in [1.54, 1.807) is 4.57 Å². The summed E-state index contributed by atoms with van der Waals surface area (Å²) in [5.74, 6) is 2.09. The topological polar surface area (TPSA) is 125 Å². The first kappa shape index (κ1) is 20.7. The first-order valence-electron chi connectivity index (χ1n) is 10.3. The highest BCUT2D eigenvalue weighted by atomic mass is 19.1. The van der Waals surface area contributed by atoms with Crippen molar-refractivity contribution in [3.63, 3.8) is 0 Å². The molecule has 1 saturated carbocycles. The second-order valence-corrected chi connectivity index (χ2v) is 8.07. The molecule has 2 aromatic heterocycles. The molecule has 2 aliphatic rings. The molecule has 3 aromatic rings. The highest BCUT2D eigenvalue weighted by Gasteiger charge is 2.34. The van der Waals surface area contributed by atoms with Crippen LogP contribution in [0, 0.1) is 23.5 Å². The number of halogens is 2. The zero-order valence-corrected chi connectivity index (χ0v) is 17.4. The SMILES string of the molecule is C=CC(=O)N1CC(n2nc(C#Cc3c(F)cc4c(ncn4C4CC4)c3F)c(C(N)=O)c2N)C1. The summed E-state index contributed by atoms with van der Waals surface area (Å²) in [6.45, 7) is 4.06. The van der Waals surface area contributed by atoms with Crippen LogP contribution in [0.5, 0.6) is 0 Å². The average Bonchev–Trinajstić information content (AvgIpc) is 3.41. The summed E-state index contributed by atoms with van der Waals surface area (Å²) in [6.07, 6.45) is 4.57. The number of nitrogen functional groups attached to an aromatic ring is 1. The molecule has 3 heterocycles. The van der Waals surface area contributed by atoms with Crippen LogP contribution in [-0.4, -0.2) is 49.1 Å². The van der Waals surface area contributed by atoms with Gasteiger partial charge in [0.2, 0.25) is 5.91 Å². The van der Waals surface area contributed by atoms with Gasteiger partial charge in [0, 0.05) is 25.2 Å². The van der Waals surface area contributed by atoms with E-state index >= 15 is 4.39 Å². The number of likely N-dealkylation sites (tertiary alicyclic amines) is 1. The summed E-state index contributed by atoms with van der Waals surface area (Å²) in [4.78, 5) is 29.2. The number of nitrogens with two attached hydrogens (primary N) is 2. The molecule has 4 N–H and O–H groups in total. The minimum absolute atomic E-state index is 0.0224.